The van der Waals surface area contributed by atoms with E-state index in [2.05, 4.69) is 4.98 Å². The van der Waals surface area contributed by atoms with Crippen LogP contribution in [0.1, 0.15) is 5.69 Å². The molecule has 0 radical (unpaired) electrons. The van der Waals surface area contributed by atoms with Crippen LogP contribution in [0, 0.1) is 0 Å². The number of nitrogens with zero attached hydrogens (tertiary/aromatic N) is 1. The first-order valence-corrected chi connectivity index (χ1v) is 5.71. The van der Waals surface area contributed by atoms with E-state index in [0.29, 0.717) is 0 Å². The monoisotopic (exact) mass is 304 g/mol. The molecule has 0 unspecified atom stereocenters. The Hall–Kier alpha value is -2.02. The summed E-state index contributed by atoms with van der Waals surface area (Å²) in [7, 11) is 1.35. The Morgan fingerprint density at radius 1 is 1.30 bits per heavy atom. The quantitative estimate of drug-likeness (QED) is 0.927. The van der Waals surface area contributed by atoms with Gasteiger partial charge in [-0.15, -0.1) is 0 Å². The SMILES string of the molecule is COc1ccc(Cl)cc1-c1cc(C(F)(F)F)[nH]c(=O)n1. The molecule has 0 bridgehead atoms. The molecule has 1 heterocycles. The summed E-state index contributed by atoms with van der Waals surface area (Å²) >= 11 is 5.80. The molecule has 1 N–H and O–H groups in total. The third-order valence-corrected chi connectivity index (χ3v) is 2.72. The van der Waals surface area contributed by atoms with E-state index in [0.717, 1.165) is 6.07 Å². The molecule has 106 valence electrons. The number of hydrogen-bond donors (Lipinski definition) is 1. The van der Waals surface area contributed by atoms with Crippen molar-refractivity contribution in [1.82, 2.24) is 9.97 Å². The standard InChI is InChI=1S/C12H8ClF3N2O2/c1-20-9-3-2-6(13)4-7(9)8-5-10(12(14,15)16)18-11(19)17-8/h2-5H,1H3,(H,17,18,19). The molecule has 0 aliphatic rings. The minimum absolute atomic E-state index is 0.166. The van der Waals surface area contributed by atoms with Gasteiger partial charge < -0.3 is 9.72 Å². The molecular weight excluding hydrogens is 297 g/mol. The van der Waals surface area contributed by atoms with Crippen LogP contribution in [0.5, 0.6) is 5.75 Å². The largest absolute Gasteiger partial charge is 0.496 e. The van der Waals surface area contributed by atoms with E-state index >= 15 is 0 Å². The van der Waals surface area contributed by atoms with Crippen molar-refractivity contribution in [1.29, 1.82) is 0 Å². The van der Waals surface area contributed by atoms with Crippen molar-refractivity contribution in [3.63, 3.8) is 0 Å². The van der Waals surface area contributed by atoms with E-state index in [1.54, 1.807) is 4.98 Å². The molecule has 0 aliphatic carbocycles. The normalized spacial score (nSPS) is 11.4. The van der Waals surface area contributed by atoms with E-state index in [1.165, 1.54) is 25.3 Å². The van der Waals surface area contributed by atoms with Gasteiger partial charge in [-0.2, -0.15) is 18.2 Å². The maximum absolute atomic E-state index is 12.7. The zero-order chi connectivity index (χ0) is 14.9. The Bertz CT molecular complexity index is 698. The number of alkyl halides is 3. The molecule has 0 fully saturated rings. The lowest BCUT2D eigenvalue weighted by Crippen LogP contribution is -2.19. The summed E-state index contributed by atoms with van der Waals surface area (Å²) in [5, 5.41) is 0.288. The number of nitrogens with one attached hydrogen (secondary N) is 1. The Morgan fingerprint density at radius 3 is 2.60 bits per heavy atom. The van der Waals surface area contributed by atoms with Crippen molar-refractivity contribution < 1.29 is 17.9 Å². The molecule has 1 aromatic heterocycles. The van der Waals surface area contributed by atoms with Crippen molar-refractivity contribution >= 4 is 11.6 Å². The van der Waals surface area contributed by atoms with Gasteiger partial charge in [-0.1, -0.05) is 11.6 Å². The first-order valence-electron chi connectivity index (χ1n) is 5.34. The lowest BCUT2D eigenvalue weighted by Gasteiger charge is -2.10. The van der Waals surface area contributed by atoms with Crippen molar-refractivity contribution in [3.8, 4) is 17.0 Å². The summed E-state index contributed by atoms with van der Waals surface area (Å²) in [4.78, 5) is 16.4. The third-order valence-electron chi connectivity index (χ3n) is 2.49. The van der Waals surface area contributed by atoms with Crippen LogP contribution in [-0.2, 0) is 6.18 Å². The second-order valence-corrected chi connectivity index (χ2v) is 4.26. The fourth-order valence-corrected chi connectivity index (χ4v) is 1.80. The Labute approximate surface area is 116 Å². The fourth-order valence-electron chi connectivity index (χ4n) is 1.63. The van der Waals surface area contributed by atoms with Gasteiger partial charge in [-0.05, 0) is 24.3 Å². The summed E-state index contributed by atoms with van der Waals surface area (Å²) in [6.07, 6.45) is -4.68. The van der Waals surface area contributed by atoms with Gasteiger partial charge in [0.2, 0.25) is 0 Å². The summed E-state index contributed by atoms with van der Waals surface area (Å²) in [6, 6.07) is 5.10. The highest BCUT2D eigenvalue weighted by atomic mass is 35.5. The van der Waals surface area contributed by atoms with E-state index in [9.17, 15) is 18.0 Å². The minimum atomic E-state index is -4.68. The van der Waals surface area contributed by atoms with Gasteiger partial charge in [-0.3, -0.25) is 0 Å². The van der Waals surface area contributed by atoms with Crippen molar-refractivity contribution in [2.75, 3.05) is 7.11 Å². The molecule has 0 amide bonds. The van der Waals surface area contributed by atoms with E-state index in [-0.39, 0.29) is 22.0 Å². The number of aromatic amines is 1. The molecule has 0 spiro atoms. The van der Waals surface area contributed by atoms with Gasteiger partial charge in [0, 0.05) is 10.6 Å². The van der Waals surface area contributed by atoms with Crippen LogP contribution in [0.2, 0.25) is 5.02 Å². The van der Waals surface area contributed by atoms with Crippen molar-refractivity contribution in [2.24, 2.45) is 0 Å². The molecule has 0 saturated carbocycles. The van der Waals surface area contributed by atoms with Crippen LogP contribution in [0.4, 0.5) is 13.2 Å². The predicted octanol–water partition coefficient (Wildman–Crippen LogP) is 3.12. The predicted molar refractivity (Wildman–Crippen MR) is 66.9 cm³/mol. The molecule has 4 nitrogen and oxygen atoms in total. The zero-order valence-corrected chi connectivity index (χ0v) is 10.8. The Morgan fingerprint density at radius 2 is 2.00 bits per heavy atom. The molecular formula is C12H8ClF3N2O2. The highest BCUT2D eigenvalue weighted by molar-refractivity contribution is 6.30. The summed E-state index contributed by atoms with van der Waals surface area (Å²) in [5.74, 6) is 0.264. The number of benzene rings is 1. The van der Waals surface area contributed by atoms with Gasteiger partial charge in [0.15, 0.2) is 0 Å². The lowest BCUT2D eigenvalue weighted by atomic mass is 10.1. The molecule has 8 heteroatoms. The number of methoxy groups -OCH3 is 1. The number of halogens is 4. The smallest absolute Gasteiger partial charge is 0.431 e. The third kappa shape index (κ3) is 2.93. The second kappa shape index (κ2) is 5.16. The molecule has 1 aromatic carbocycles. The van der Waals surface area contributed by atoms with Gasteiger partial charge >= 0.3 is 11.9 Å². The average Bonchev–Trinajstić information content (AvgIpc) is 2.37. The first kappa shape index (κ1) is 14.4. The molecule has 0 atom stereocenters. The molecule has 2 rings (SSSR count). The maximum Gasteiger partial charge on any atom is 0.431 e. The Kier molecular flexibility index (Phi) is 3.71. The molecule has 20 heavy (non-hydrogen) atoms. The molecule has 2 aromatic rings. The Balaban J connectivity index is 2.67. The van der Waals surface area contributed by atoms with Crippen LogP contribution in [0.25, 0.3) is 11.3 Å². The minimum Gasteiger partial charge on any atom is -0.496 e. The van der Waals surface area contributed by atoms with E-state index in [4.69, 9.17) is 16.3 Å². The van der Waals surface area contributed by atoms with Gasteiger partial charge in [0.1, 0.15) is 11.4 Å². The van der Waals surface area contributed by atoms with Gasteiger partial charge in [0.25, 0.3) is 0 Å². The highest BCUT2D eigenvalue weighted by Crippen LogP contribution is 2.33. The lowest BCUT2D eigenvalue weighted by molar-refractivity contribution is -0.141. The topological polar surface area (TPSA) is 55.0 Å². The molecule has 0 aliphatic heterocycles. The highest BCUT2D eigenvalue weighted by Gasteiger charge is 2.32. The number of ether oxygens (including phenoxy) is 1. The number of aromatic nitrogens is 2. The van der Waals surface area contributed by atoms with Gasteiger partial charge in [-0.25, -0.2) is 4.79 Å². The maximum atomic E-state index is 12.7. The van der Waals surface area contributed by atoms with Crippen LogP contribution in [0.15, 0.2) is 29.1 Å². The first-order chi connectivity index (χ1) is 9.31. The number of H-pyrrole nitrogens is 1. The van der Waals surface area contributed by atoms with Crippen molar-refractivity contribution in [3.05, 3.63) is 45.5 Å². The van der Waals surface area contributed by atoms with Crippen LogP contribution in [0.3, 0.4) is 0 Å². The summed E-state index contributed by atoms with van der Waals surface area (Å²) < 4.78 is 43.0. The average molecular weight is 305 g/mol. The second-order valence-electron chi connectivity index (χ2n) is 3.83. The van der Waals surface area contributed by atoms with E-state index < -0.39 is 17.6 Å². The van der Waals surface area contributed by atoms with E-state index in [1.807, 2.05) is 0 Å². The fraction of sp³-hybridized carbons (Fsp3) is 0.167. The van der Waals surface area contributed by atoms with Crippen LogP contribution in [-0.4, -0.2) is 17.1 Å². The van der Waals surface area contributed by atoms with Crippen LogP contribution < -0.4 is 10.4 Å². The summed E-state index contributed by atoms with van der Waals surface area (Å²) in [5.41, 5.74) is -2.25. The number of hydrogen-bond acceptors (Lipinski definition) is 3. The van der Waals surface area contributed by atoms with Crippen LogP contribution >= 0.6 is 11.6 Å². The zero-order valence-electron chi connectivity index (χ0n) is 10.1. The van der Waals surface area contributed by atoms with Crippen molar-refractivity contribution in [2.45, 2.75) is 6.18 Å². The number of rotatable bonds is 2. The molecule has 0 saturated heterocycles. The summed E-state index contributed by atoms with van der Waals surface area (Å²) in [6.45, 7) is 0. The van der Waals surface area contributed by atoms with Gasteiger partial charge in [0.05, 0.1) is 12.8 Å².